The van der Waals surface area contributed by atoms with Gasteiger partial charge in [-0.3, -0.25) is 9.59 Å². The molecule has 0 unspecified atom stereocenters. The van der Waals surface area contributed by atoms with Crippen molar-refractivity contribution in [3.05, 3.63) is 23.8 Å². The van der Waals surface area contributed by atoms with Crippen molar-refractivity contribution in [2.45, 2.75) is 6.92 Å². The summed E-state index contributed by atoms with van der Waals surface area (Å²) in [5.41, 5.74) is 1.50. The van der Waals surface area contributed by atoms with Crippen molar-refractivity contribution in [3.63, 3.8) is 0 Å². The third-order valence-corrected chi connectivity index (χ3v) is 3.25. The molecule has 1 heterocycles. The summed E-state index contributed by atoms with van der Waals surface area (Å²) in [5.74, 6) is -0.340. The van der Waals surface area contributed by atoms with E-state index in [4.69, 9.17) is 4.74 Å². The number of carbonyl (C=O) groups is 2. The lowest BCUT2D eigenvalue weighted by Crippen LogP contribution is -2.49. The highest BCUT2D eigenvalue weighted by Gasteiger charge is 2.23. The molecule has 20 heavy (non-hydrogen) atoms. The predicted molar refractivity (Wildman–Crippen MR) is 75.8 cm³/mol. The zero-order valence-corrected chi connectivity index (χ0v) is 11.7. The standard InChI is InChI=1S/C14H19N3O3/c1-10-9-11(3-4-12(10)20-2)16-13(18)14(19)17-7-5-15-6-8-17/h3-4,9,15H,5-8H2,1-2H3,(H,16,18). The number of anilines is 1. The molecule has 2 N–H and O–H groups in total. The molecule has 1 aliphatic rings. The van der Waals surface area contributed by atoms with E-state index in [0.717, 1.165) is 24.4 Å². The first-order valence-corrected chi connectivity index (χ1v) is 6.57. The molecule has 1 aromatic carbocycles. The smallest absolute Gasteiger partial charge is 0.313 e. The van der Waals surface area contributed by atoms with E-state index in [1.807, 2.05) is 6.92 Å². The van der Waals surface area contributed by atoms with Crippen LogP contribution < -0.4 is 15.4 Å². The van der Waals surface area contributed by atoms with Crippen LogP contribution in [0.25, 0.3) is 0 Å². The average molecular weight is 277 g/mol. The van der Waals surface area contributed by atoms with Crippen LogP contribution in [0.2, 0.25) is 0 Å². The molecule has 0 bridgehead atoms. The SMILES string of the molecule is COc1ccc(NC(=O)C(=O)N2CCNCC2)cc1C. The molecule has 0 aliphatic carbocycles. The lowest BCUT2D eigenvalue weighted by molar-refractivity contribution is -0.143. The van der Waals surface area contributed by atoms with Crippen LogP contribution >= 0.6 is 0 Å². The van der Waals surface area contributed by atoms with Crippen LogP contribution in [0.4, 0.5) is 5.69 Å². The second kappa shape index (κ2) is 6.38. The van der Waals surface area contributed by atoms with Gasteiger partial charge in [0.05, 0.1) is 7.11 Å². The molecule has 1 saturated heterocycles. The van der Waals surface area contributed by atoms with E-state index in [1.165, 1.54) is 0 Å². The molecule has 2 amide bonds. The van der Waals surface area contributed by atoms with E-state index in [0.29, 0.717) is 18.8 Å². The molecule has 1 aliphatic heterocycles. The molecule has 0 saturated carbocycles. The first-order chi connectivity index (χ1) is 9.61. The van der Waals surface area contributed by atoms with Crippen molar-refractivity contribution >= 4 is 17.5 Å². The minimum atomic E-state index is -0.600. The third kappa shape index (κ3) is 3.27. The molecule has 0 spiro atoms. The van der Waals surface area contributed by atoms with Gasteiger partial charge in [-0.2, -0.15) is 0 Å². The van der Waals surface area contributed by atoms with Gasteiger partial charge in [0.15, 0.2) is 0 Å². The first-order valence-electron chi connectivity index (χ1n) is 6.57. The van der Waals surface area contributed by atoms with Gasteiger partial charge in [0.2, 0.25) is 0 Å². The maximum Gasteiger partial charge on any atom is 0.313 e. The van der Waals surface area contributed by atoms with E-state index < -0.39 is 11.8 Å². The number of aryl methyl sites for hydroxylation is 1. The number of rotatable bonds is 2. The van der Waals surface area contributed by atoms with Crippen molar-refractivity contribution in [2.24, 2.45) is 0 Å². The van der Waals surface area contributed by atoms with Gasteiger partial charge in [-0.1, -0.05) is 0 Å². The summed E-state index contributed by atoms with van der Waals surface area (Å²) in [5, 5.41) is 5.76. The molecule has 0 radical (unpaired) electrons. The van der Waals surface area contributed by atoms with Gasteiger partial charge in [0.1, 0.15) is 5.75 Å². The average Bonchev–Trinajstić information content (AvgIpc) is 2.47. The zero-order valence-electron chi connectivity index (χ0n) is 11.7. The number of amides is 2. The maximum atomic E-state index is 12.0. The summed E-state index contributed by atoms with van der Waals surface area (Å²) >= 11 is 0. The van der Waals surface area contributed by atoms with Gasteiger partial charge in [0.25, 0.3) is 0 Å². The highest BCUT2D eigenvalue weighted by atomic mass is 16.5. The molecular formula is C14H19N3O3. The Morgan fingerprint density at radius 2 is 2.00 bits per heavy atom. The molecule has 108 valence electrons. The molecule has 0 atom stereocenters. The fourth-order valence-electron chi connectivity index (χ4n) is 2.15. The van der Waals surface area contributed by atoms with E-state index in [-0.39, 0.29) is 0 Å². The van der Waals surface area contributed by atoms with Gasteiger partial charge in [-0.25, -0.2) is 0 Å². The van der Waals surface area contributed by atoms with Crippen LogP contribution in [-0.2, 0) is 9.59 Å². The normalized spacial score (nSPS) is 14.8. The highest BCUT2D eigenvalue weighted by molar-refractivity contribution is 6.39. The van der Waals surface area contributed by atoms with Crippen LogP contribution in [0.5, 0.6) is 5.75 Å². The number of piperazine rings is 1. The Morgan fingerprint density at radius 1 is 1.30 bits per heavy atom. The van der Waals surface area contributed by atoms with Crippen molar-refractivity contribution in [1.82, 2.24) is 10.2 Å². The Morgan fingerprint density at radius 3 is 2.60 bits per heavy atom. The fourth-order valence-corrected chi connectivity index (χ4v) is 2.15. The second-order valence-electron chi connectivity index (χ2n) is 4.68. The van der Waals surface area contributed by atoms with E-state index >= 15 is 0 Å². The van der Waals surface area contributed by atoms with E-state index in [2.05, 4.69) is 10.6 Å². The lowest BCUT2D eigenvalue weighted by atomic mass is 10.2. The van der Waals surface area contributed by atoms with E-state index in [9.17, 15) is 9.59 Å². The molecule has 1 fully saturated rings. The number of methoxy groups -OCH3 is 1. The lowest BCUT2D eigenvalue weighted by Gasteiger charge is -2.26. The summed E-state index contributed by atoms with van der Waals surface area (Å²) in [6.45, 7) is 4.45. The minimum absolute atomic E-state index is 0.486. The summed E-state index contributed by atoms with van der Waals surface area (Å²) in [6.07, 6.45) is 0. The molecule has 0 aromatic heterocycles. The second-order valence-corrected chi connectivity index (χ2v) is 4.68. The number of hydrogen-bond acceptors (Lipinski definition) is 4. The molecular weight excluding hydrogens is 258 g/mol. The Kier molecular flexibility index (Phi) is 4.57. The first kappa shape index (κ1) is 14.3. The Balaban J connectivity index is 2.00. The maximum absolute atomic E-state index is 12.0. The van der Waals surface area contributed by atoms with Gasteiger partial charge < -0.3 is 20.3 Å². The molecule has 6 nitrogen and oxygen atoms in total. The largest absolute Gasteiger partial charge is 0.496 e. The number of carbonyl (C=O) groups excluding carboxylic acids is 2. The van der Waals surface area contributed by atoms with E-state index in [1.54, 1.807) is 30.2 Å². The summed E-state index contributed by atoms with van der Waals surface area (Å²) in [7, 11) is 1.59. The van der Waals surface area contributed by atoms with Crippen molar-refractivity contribution in [1.29, 1.82) is 0 Å². The number of nitrogens with one attached hydrogen (secondary N) is 2. The number of nitrogens with zero attached hydrogens (tertiary/aromatic N) is 1. The predicted octanol–water partition coefficient (Wildman–Crippen LogP) is 0.374. The van der Waals surface area contributed by atoms with Crippen LogP contribution in [0.1, 0.15) is 5.56 Å². The molecule has 6 heteroatoms. The Labute approximate surface area is 118 Å². The summed E-state index contributed by atoms with van der Waals surface area (Å²) in [6, 6.07) is 5.26. The van der Waals surface area contributed by atoms with Crippen molar-refractivity contribution < 1.29 is 14.3 Å². The third-order valence-electron chi connectivity index (χ3n) is 3.25. The molecule has 1 aromatic rings. The Bertz CT molecular complexity index is 510. The van der Waals surface area contributed by atoms with Crippen molar-refractivity contribution in [3.8, 4) is 5.75 Å². The minimum Gasteiger partial charge on any atom is -0.496 e. The fraction of sp³-hybridized carbons (Fsp3) is 0.429. The van der Waals surface area contributed by atoms with Crippen LogP contribution in [-0.4, -0.2) is 50.0 Å². The van der Waals surface area contributed by atoms with Gasteiger partial charge in [0, 0.05) is 31.9 Å². The van der Waals surface area contributed by atoms with Crippen LogP contribution in [0.3, 0.4) is 0 Å². The summed E-state index contributed by atoms with van der Waals surface area (Å²) in [4.78, 5) is 25.5. The number of hydrogen-bond donors (Lipinski definition) is 2. The highest BCUT2D eigenvalue weighted by Crippen LogP contribution is 2.21. The van der Waals surface area contributed by atoms with Crippen molar-refractivity contribution in [2.75, 3.05) is 38.6 Å². The number of benzene rings is 1. The van der Waals surface area contributed by atoms with Gasteiger partial charge >= 0.3 is 11.8 Å². The zero-order chi connectivity index (χ0) is 14.5. The van der Waals surface area contributed by atoms with Gasteiger partial charge in [-0.05, 0) is 30.7 Å². The molecule has 2 rings (SSSR count). The Hall–Kier alpha value is -2.08. The van der Waals surface area contributed by atoms with Crippen LogP contribution in [0, 0.1) is 6.92 Å². The number of ether oxygens (including phenoxy) is 1. The topological polar surface area (TPSA) is 70.7 Å². The monoisotopic (exact) mass is 277 g/mol. The quantitative estimate of drug-likeness (QED) is 0.766. The van der Waals surface area contributed by atoms with Crippen LogP contribution in [0.15, 0.2) is 18.2 Å². The van der Waals surface area contributed by atoms with Gasteiger partial charge in [-0.15, -0.1) is 0 Å². The summed E-state index contributed by atoms with van der Waals surface area (Å²) < 4.78 is 5.15.